The van der Waals surface area contributed by atoms with Crippen molar-refractivity contribution in [2.45, 2.75) is 25.4 Å². The number of hydrogen-bond donors (Lipinski definition) is 1. The van der Waals surface area contributed by atoms with Gasteiger partial charge >= 0.3 is 0 Å². The van der Waals surface area contributed by atoms with E-state index >= 15 is 0 Å². The maximum Gasteiger partial charge on any atom is 0.141 e. The standard InChI is InChI=1S/C15H25FN4/c1-11(9-20-7-6-13(10-20)19(2)3)15(17)14-5-4-12(16)8-18-14/h4-5,8,11,13,15H,6-7,9-10,17H2,1-3H3. The van der Waals surface area contributed by atoms with E-state index in [4.69, 9.17) is 5.73 Å². The fourth-order valence-electron chi connectivity index (χ4n) is 2.80. The van der Waals surface area contributed by atoms with E-state index in [1.165, 1.54) is 18.7 Å². The summed E-state index contributed by atoms with van der Waals surface area (Å²) in [6, 6.07) is 3.60. The first-order chi connectivity index (χ1) is 9.47. The summed E-state index contributed by atoms with van der Waals surface area (Å²) in [6.45, 7) is 5.32. The molecule has 2 heterocycles. The second kappa shape index (κ2) is 6.61. The third-order valence-corrected chi connectivity index (χ3v) is 4.23. The van der Waals surface area contributed by atoms with Crippen molar-refractivity contribution in [1.82, 2.24) is 14.8 Å². The van der Waals surface area contributed by atoms with Gasteiger partial charge in [-0.25, -0.2) is 4.39 Å². The van der Waals surface area contributed by atoms with Crippen LogP contribution in [0.2, 0.25) is 0 Å². The monoisotopic (exact) mass is 280 g/mol. The molecule has 20 heavy (non-hydrogen) atoms. The van der Waals surface area contributed by atoms with E-state index in [0.717, 1.165) is 25.3 Å². The predicted molar refractivity (Wildman–Crippen MR) is 78.8 cm³/mol. The first-order valence-electron chi connectivity index (χ1n) is 7.23. The summed E-state index contributed by atoms with van der Waals surface area (Å²) in [5.41, 5.74) is 7.01. The number of nitrogens with two attached hydrogens (primary N) is 1. The van der Waals surface area contributed by atoms with Crippen LogP contribution >= 0.6 is 0 Å². The Morgan fingerprint density at radius 2 is 2.25 bits per heavy atom. The minimum absolute atomic E-state index is 0.144. The number of pyridine rings is 1. The molecule has 112 valence electrons. The summed E-state index contributed by atoms with van der Waals surface area (Å²) in [7, 11) is 4.26. The van der Waals surface area contributed by atoms with Crippen LogP contribution in [-0.2, 0) is 0 Å². The van der Waals surface area contributed by atoms with Crippen LogP contribution in [0.1, 0.15) is 25.1 Å². The highest BCUT2D eigenvalue weighted by atomic mass is 19.1. The van der Waals surface area contributed by atoms with Crippen molar-refractivity contribution in [3.05, 3.63) is 29.8 Å². The molecule has 0 saturated carbocycles. The molecule has 1 aromatic rings. The first-order valence-corrected chi connectivity index (χ1v) is 7.23. The summed E-state index contributed by atoms with van der Waals surface area (Å²) < 4.78 is 12.9. The Balaban J connectivity index is 1.88. The summed E-state index contributed by atoms with van der Waals surface area (Å²) in [6.07, 6.45) is 2.45. The molecule has 0 bridgehead atoms. The maximum atomic E-state index is 12.9. The summed E-state index contributed by atoms with van der Waals surface area (Å²) in [5.74, 6) is -0.0177. The van der Waals surface area contributed by atoms with Crippen LogP contribution in [0.25, 0.3) is 0 Å². The smallest absolute Gasteiger partial charge is 0.141 e. The molecule has 1 saturated heterocycles. The van der Waals surface area contributed by atoms with Crippen molar-refractivity contribution in [1.29, 1.82) is 0 Å². The van der Waals surface area contributed by atoms with Crippen LogP contribution in [0.5, 0.6) is 0 Å². The highest BCUT2D eigenvalue weighted by Gasteiger charge is 2.27. The Bertz CT molecular complexity index is 420. The fraction of sp³-hybridized carbons (Fsp3) is 0.667. The molecule has 2 rings (SSSR count). The van der Waals surface area contributed by atoms with Crippen LogP contribution in [0.15, 0.2) is 18.3 Å². The van der Waals surface area contributed by atoms with E-state index in [2.05, 4.69) is 35.8 Å². The van der Waals surface area contributed by atoms with Crippen molar-refractivity contribution in [3.63, 3.8) is 0 Å². The number of likely N-dealkylation sites (tertiary alicyclic amines) is 1. The van der Waals surface area contributed by atoms with Crippen LogP contribution in [0.4, 0.5) is 4.39 Å². The van der Waals surface area contributed by atoms with Gasteiger partial charge in [-0.3, -0.25) is 4.98 Å². The van der Waals surface area contributed by atoms with Crippen molar-refractivity contribution in [2.24, 2.45) is 11.7 Å². The van der Waals surface area contributed by atoms with Gasteiger partial charge in [0.05, 0.1) is 17.9 Å². The van der Waals surface area contributed by atoms with Gasteiger partial charge in [0.25, 0.3) is 0 Å². The zero-order valence-corrected chi connectivity index (χ0v) is 12.6. The van der Waals surface area contributed by atoms with Gasteiger partial charge in [-0.1, -0.05) is 6.92 Å². The number of hydrogen-bond acceptors (Lipinski definition) is 4. The Morgan fingerprint density at radius 3 is 2.80 bits per heavy atom. The highest BCUT2D eigenvalue weighted by molar-refractivity contribution is 5.10. The largest absolute Gasteiger partial charge is 0.322 e. The van der Waals surface area contributed by atoms with E-state index in [9.17, 15) is 4.39 Å². The van der Waals surface area contributed by atoms with Crippen LogP contribution in [-0.4, -0.2) is 54.6 Å². The Kier molecular flexibility index (Phi) is 5.07. The average Bonchev–Trinajstić information content (AvgIpc) is 2.87. The lowest BCUT2D eigenvalue weighted by Crippen LogP contribution is -2.35. The summed E-state index contributed by atoms with van der Waals surface area (Å²) >= 11 is 0. The Labute approximate surface area is 120 Å². The Hall–Kier alpha value is -1.04. The summed E-state index contributed by atoms with van der Waals surface area (Å²) in [4.78, 5) is 8.83. The quantitative estimate of drug-likeness (QED) is 0.887. The van der Waals surface area contributed by atoms with E-state index in [0.29, 0.717) is 12.0 Å². The first kappa shape index (κ1) is 15.4. The van der Waals surface area contributed by atoms with E-state index in [1.807, 2.05) is 0 Å². The number of aromatic nitrogens is 1. The lowest BCUT2D eigenvalue weighted by Gasteiger charge is -2.26. The highest BCUT2D eigenvalue weighted by Crippen LogP contribution is 2.21. The molecule has 0 aliphatic carbocycles. The van der Waals surface area contributed by atoms with Gasteiger partial charge in [0.1, 0.15) is 5.82 Å². The van der Waals surface area contributed by atoms with Crippen LogP contribution in [0, 0.1) is 11.7 Å². The van der Waals surface area contributed by atoms with E-state index < -0.39 is 0 Å². The second-order valence-electron chi connectivity index (χ2n) is 6.07. The fourth-order valence-corrected chi connectivity index (χ4v) is 2.80. The molecular formula is C15H25FN4. The molecular weight excluding hydrogens is 255 g/mol. The summed E-state index contributed by atoms with van der Waals surface area (Å²) in [5, 5.41) is 0. The SMILES string of the molecule is CC(CN1CCC(N(C)C)C1)C(N)c1ccc(F)cn1. The van der Waals surface area contributed by atoms with Gasteiger partial charge in [-0.2, -0.15) is 0 Å². The van der Waals surface area contributed by atoms with Crippen LogP contribution in [0.3, 0.4) is 0 Å². The molecule has 0 spiro atoms. The lowest BCUT2D eigenvalue weighted by molar-refractivity contribution is 0.234. The zero-order valence-electron chi connectivity index (χ0n) is 12.6. The lowest BCUT2D eigenvalue weighted by atomic mass is 9.99. The van der Waals surface area contributed by atoms with Gasteiger partial charge in [0.15, 0.2) is 0 Å². The van der Waals surface area contributed by atoms with Gasteiger partial charge in [-0.05, 0) is 45.1 Å². The molecule has 0 aromatic carbocycles. The van der Waals surface area contributed by atoms with Crippen molar-refractivity contribution in [3.8, 4) is 0 Å². The van der Waals surface area contributed by atoms with Crippen molar-refractivity contribution in [2.75, 3.05) is 33.7 Å². The van der Waals surface area contributed by atoms with Crippen molar-refractivity contribution < 1.29 is 4.39 Å². The minimum Gasteiger partial charge on any atom is -0.322 e. The molecule has 3 unspecified atom stereocenters. The van der Waals surface area contributed by atoms with E-state index in [1.54, 1.807) is 6.07 Å². The zero-order chi connectivity index (χ0) is 14.7. The van der Waals surface area contributed by atoms with Gasteiger partial charge in [-0.15, -0.1) is 0 Å². The minimum atomic E-state index is -0.318. The molecule has 4 nitrogen and oxygen atoms in total. The molecule has 1 aliphatic rings. The van der Waals surface area contributed by atoms with Gasteiger partial charge in [0.2, 0.25) is 0 Å². The third kappa shape index (κ3) is 3.75. The molecule has 5 heteroatoms. The molecule has 1 aromatic heterocycles. The Morgan fingerprint density at radius 1 is 1.50 bits per heavy atom. The molecule has 0 amide bonds. The average molecular weight is 280 g/mol. The normalized spacial score (nSPS) is 23.2. The van der Waals surface area contributed by atoms with E-state index in [-0.39, 0.29) is 11.9 Å². The van der Waals surface area contributed by atoms with Gasteiger partial charge in [0, 0.05) is 19.1 Å². The number of halogens is 1. The molecule has 2 N–H and O–H groups in total. The molecule has 1 aliphatic heterocycles. The predicted octanol–water partition coefficient (Wildman–Crippen LogP) is 1.49. The second-order valence-corrected chi connectivity index (χ2v) is 6.07. The van der Waals surface area contributed by atoms with Crippen LogP contribution < -0.4 is 5.73 Å². The molecule has 1 fully saturated rings. The van der Waals surface area contributed by atoms with Crippen molar-refractivity contribution >= 4 is 0 Å². The maximum absolute atomic E-state index is 12.9. The van der Waals surface area contributed by atoms with Gasteiger partial charge < -0.3 is 15.5 Å². The number of nitrogens with zero attached hydrogens (tertiary/aromatic N) is 3. The molecule has 0 radical (unpaired) electrons. The topological polar surface area (TPSA) is 45.4 Å². The number of rotatable bonds is 5. The third-order valence-electron chi connectivity index (χ3n) is 4.23. The number of likely N-dealkylation sites (N-methyl/N-ethyl adjacent to an activating group) is 1. The molecule has 3 atom stereocenters.